The molecule has 0 N–H and O–H groups in total. The lowest BCUT2D eigenvalue weighted by Gasteiger charge is -2.14. The molecule has 0 saturated heterocycles. The minimum Gasteiger partial charge on any atom is -0.493 e. The van der Waals surface area contributed by atoms with Crippen LogP contribution in [0.15, 0.2) is 53.1 Å². The van der Waals surface area contributed by atoms with Crippen LogP contribution in [0.2, 0.25) is 5.02 Å². The second-order valence-corrected chi connectivity index (χ2v) is 7.04. The van der Waals surface area contributed by atoms with Crippen molar-refractivity contribution in [2.75, 3.05) is 6.61 Å². The number of para-hydroxylation sites is 1. The van der Waals surface area contributed by atoms with Gasteiger partial charge >= 0.3 is 5.97 Å². The normalized spacial score (nSPS) is 14.5. The zero-order chi connectivity index (χ0) is 19.6. The number of ether oxygens (including phenoxy) is 2. The van der Waals surface area contributed by atoms with E-state index < -0.39 is 5.41 Å². The van der Waals surface area contributed by atoms with Crippen LogP contribution in [0.5, 0.6) is 5.75 Å². The summed E-state index contributed by atoms with van der Waals surface area (Å²) in [4.78, 5) is 17.0. The third-order valence-electron chi connectivity index (χ3n) is 4.76. The van der Waals surface area contributed by atoms with Crippen molar-refractivity contribution < 1.29 is 18.8 Å². The predicted molar refractivity (Wildman–Crippen MR) is 103 cm³/mol. The van der Waals surface area contributed by atoms with E-state index in [9.17, 15) is 4.79 Å². The first-order valence-electron chi connectivity index (χ1n) is 9.10. The van der Waals surface area contributed by atoms with Crippen molar-refractivity contribution in [2.45, 2.75) is 31.8 Å². The smallest absolute Gasteiger partial charge is 0.317 e. The van der Waals surface area contributed by atoms with Gasteiger partial charge in [-0.15, -0.1) is 0 Å². The zero-order valence-corrected chi connectivity index (χ0v) is 16.1. The maximum Gasteiger partial charge on any atom is 0.317 e. The average molecular weight is 399 g/mol. The number of hydrogen-bond acceptors (Lipinski definition) is 6. The van der Waals surface area contributed by atoms with Gasteiger partial charge in [0.2, 0.25) is 5.82 Å². The van der Waals surface area contributed by atoms with Gasteiger partial charge < -0.3 is 14.0 Å². The number of aromatic nitrogens is 2. The van der Waals surface area contributed by atoms with Crippen LogP contribution in [0.1, 0.15) is 31.2 Å². The molecule has 6 nitrogen and oxygen atoms in total. The van der Waals surface area contributed by atoms with Crippen molar-refractivity contribution in [3.05, 3.63) is 65.0 Å². The van der Waals surface area contributed by atoms with Gasteiger partial charge in [0.1, 0.15) is 5.75 Å². The van der Waals surface area contributed by atoms with Gasteiger partial charge in [0, 0.05) is 5.02 Å². The van der Waals surface area contributed by atoms with Gasteiger partial charge in [0.25, 0.3) is 5.89 Å². The molecule has 0 unspecified atom stereocenters. The SMILES string of the molecule is CCOc1ccccc1-c1noc(COC(=O)C2(c3ccc(Cl)cc3)CC2)n1. The molecule has 144 valence electrons. The minimum atomic E-state index is -0.588. The molecule has 0 aliphatic heterocycles. The summed E-state index contributed by atoms with van der Waals surface area (Å²) in [6.45, 7) is 2.37. The number of benzene rings is 2. The summed E-state index contributed by atoms with van der Waals surface area (Å²) in [6, 6.07) is 14.7. The molecule has 1 heterocycles. The molecule has 28 heavy (non-hydrogen) atoms. The molecule has 4 rings (SSSR count). The molecule has 3 aromatic rings. The van der Waals surface area contributed by atoms with Crippen molar-refractivity contribution in [2.24, 2.45) is 0 Å². The first-order valence-corrected chi connectivity index (χ1v) is 9.48. The van der Waals surface area contributed by atoms with Crippen LogP contribution < -0.4 is 4.74 Å². The van der Waals surface area contributed by atoms with Crippen molar-refractivity contribution in [3.63, 3.8) is 0 Å². The molecule has 1 saturated carbocycles. The molecule has 0 bridgehead atoms. The van der Waals surface area contributed by atoms with Crippen LogP contribution in [0.25, 0.3) is 11.4 Å². The molecule has 0 spiro atoms. The fourth-order valence-corrected chi connectivity index (χ4v) is 3.25. The van der Waals surface area contributed by atoms with Gasteiger partial charge in [-0.2, -0.15) is 4.98 Å². The molecule has 1 aromatic heterocycles. The van der Waals surface area contributed by atoms with E-state index >= 15 is 0 Å². The van der Waals surface area contributed by atoms with Crippen LogP contribution >= 0.6 is 11.6 Å². The summed E-state index contributed by atoms with van der Waals surface area (Å²) in [5.41, 5.74) is 1.05. The van der Waals surface area contributed by atoms with Crippen LogP contribution in [0, 0.1) is 0 Å². The number of esters is 1. The molecule has 1 aliphatic rings. The first-order chi connectivity index (χ1) is 13.6. The Bertz CT molecular complexity index is 980. The number of rotatable bonds is 7. The molecule has 0 radical (unpaired) electrons. The number of halogens is 1. The van der Waals surface area contributed by atoms with E-state index in [1.165, 1.54) is 0 Å². The summed E-state index contributed by atoms with van der Waals surface area (Å²) >= 11 is 5.93. The predicted octanol–water partition coefficient (Wildman–Crippen LogP) is 4.56. The van der Waals surface area contributed by atoms with E-state index in [0.717, 1.165) is 24.0 Å². The van der Waals surface area contributed by atoms with E-state index in [2.05, 4.69) is 10.1 Å². The van der Waals surface area contributed by atoms with Gasteiger partial charge in [-0.1, -0.05) is 41.0 Å². The number of carbonyl (C=O) groups is 1. The van der Waals surface area contributed by atoms with Crippen LogP contribution in [-0.4, -0.2) is 22.7 Å². The van der Waals surface area contributed by atoms with Crippen LogP contribution in [0.3, 0.4) is 0 Å². The molecule has 7 heteroatoms. The standard InChI is InChI=1S/C21H19ClN2O4/c1-2-26-17-6-4-3-5-16(17)19-23-18(28-24-19)13-27-20(25)21(11-12-21)14-7-9-15(22)10-8-14/h3-10H,2,11-13H2,1H3. The summed E-state index contributed by atoms with van der Waals surface area (Å²) in [5, 5.41) is 4.62. The Morgan fingerprint density at radius 2 is 1.93 bits per heavy atom. The highest BCUT2D eigenvalue weighted by atomic mass is 35.5. The molecule has 1 fully saturated rings. The molecular weight excluding hydrogens is 380 g/mol. The van der Waals surface area contributed by atoms with Crippen molar-refractivity contribution >= 4 is 17.6 Å². The maximum absolute atomic E-state index is 12.6. The number of nitrogens with zero attached hydrogens (tertiary/aromatic N) is 2. The lowest BCUT2D eigenvalue weighted by molar-refractivity contribution is -0.148. The lowest BCUT2D eigenvalue weighted by atomic mass is 9.96. The molecule has 2 aromatic carbocycles. The fourth-order valence-electron chi connectivity index (χ4n) is 3.13. The third-order valence-corrected chi connectivity index (χ3v) is 5.01. The van der Waals surface area contributed by atoms with Crippen molar-refractivity contribution in [1.82, 2.24) is 10.1 Å². The van der Waals surface area contributed by atoms with Crippen molar-refractivity contribution in [1.29, 1.82) is 0 Å². The fraction of sp³-hybridized carbons (Fsp3) is 0.286. The van der Waals surface area contributed by atoms with E-state index in [0.29, 0.717) is 23.2 Å². The van der Waals surface area contributed by atoms with E-state index in [1.54, 1.807) is 12.1 Å². The summed E-state index contributed by atoms with van der Waals surface area (Å²) in [7, 11) is 0. The summed E-state index contributed by atoms with van der Waals surface area (Å²) in [5.74, 6) is 1.02. The van der Waals surface area contributed by atoms with Crippen molar-refractivity contribution in [3.8, 4) is 17.1 Å². The topological polar surface area (TPSA) is 74.5 Å². The van der Waals surface area contributed by atoms with Crippen LogP contribution in [-0.2, 0) is 21.6 Å². The van der Waals surface area contributed by atoms with Gasteiger partial charge in [0.15, 0.2) is 6.61 Å². The Morgan fingerprint density at radius 1 is 1.18 bits per heavy atom. The number of hydrogen-bond donors (Lipinski definition) is 0. The Hall–Kier alpha value is -2.86. The highest BCUT2D eigenvalue weighted by Crippen LogP contribution is 2.49. The van der Waals surface area contributed by atoms with Crippen LogP contribution in [0.4, 0.5) is 0 Å². The Labute approximate surface area is 167 Å². The first kappa shape index (κ1) is 18.5. The van der Waals surface area contributed by atoms with E-state index in [1.807, 2.05) is 43.3 Å². The van der Waals surface area contributed by atoms with E-state index in [4.69, 9.17) is 25.6 Å². The highest BCUT2D eigenvalue weighted by molar-refractivity contribution is 6.30. The summed E-state index contributed by atoms with van der Waals surface area (Å²) < 4.78 is 16.3. The van der Waals surface area contributed by atoms with Gasteiger partial charge in [-0.3, -0.25) is 4.79 Å². The average Bonchev–Trinajstić information content (AvgIpc) is 3.39. The molecular formula is C21H19ClN2O4. The second-order valence-electron chi connectivity index (χ2n) is 6.61. The van der Waals surface area contributed by atoms with Gasteiger partial charge in [-0.25, -0.2) is 0 Å². The quantitative estimate of drug-likeness (QED) is 0.543. The lowest BCUT2D eigenvalue weighted by Crippen LogP contribution is -2.23. The Balaban J connectivity index is 1.44. The Kier molecular flexibility index (Phi) is 5.05. The minimum absolute atomic E-state index is 0.0715. The molecule has 1 aliphatic carbocycles. The summed E-state index contributed by atoms with van der Waals surface area (Å²) in [6.07, 6.45) is 1.51. The molecule has 0 amide bonds. The zero-order valence-electron chi connectivity index (χ0n) is 15.4. The third kappa shape index (κ3) is 3.60. The second kappa shape index (κ2) is 7.64. The number of carbonyl (C=O) groups excluding carboxylic acids is 1. The van der Waals surface area contributed by atoms with Gasteiger partial charge in [0.05, 0.1) is 17.6 Å². The van der Waals surface area contributed by atoms with Gasteiger partial charge in [-0.05, 0) is 49.6 Å². The molecule has 0 atom stereocenters. The highest BCUT2D eigenvalue weighted by Gasteiger charge is 2.52. The van der Waals surface area contributed by atoms with E-state index in [-0.39, 0.29) is 18.5 Å². The monoisotopic (exact) mass is 398 g/mol. The largest absolute Gasteiger partial charge is 0.493 e. The Morgan fingerprint density at radius 3 is 2.64 bits per heavy atom. The maximum atomic E-state index is 12.6.